The Morgan fingerprint density at radius 1 is 1.00 bits per heavy atom. The molecule has 0 bridgehead atoms. The molecule has 6 heteroatoms. The highest BCUT2D eigenvalue weighted by molar-refractivity contribution is 5.93. The van der Waals surface area contributed by atoms with E-state index in [1.165, 1.54) is 5.56 Å². The summed E-state index contributed by atoms with van der Waals surface area (Å²) in [6, 6.07) is 20.6. The Morgan fingerprint density at radius 3 is 2.47 bits per heavy atom. The van der Waals surface area contributed by atoms with Gasteiger partial charge < -0.3 is 10.2 Å². The lowest BCUT2D eigenvalue weighted by atomic mass is 9.97. The molecule has 1 aliphatic heterocycles. The van der Waals surface area contributed by atoms with Gasteiger partial charge in [0.2, 0.25) is 11.8 Å². The molecule has 1 aromatic heterocycles. The van der Waals surface area contributed by atoms with Crippen LogP contribution in [0.2, 0.25) is 0 Å². The molecule has 2 aromatic carbocycles. The van der Waals surface area contributed by atoms with E-state index in [2.05, 4.69) is 17.4 Å². The fourth-order valence-corrected chi connectivity index (χ4v) is 4.44. The van der Waals surface area contributed by atoms with E-state index < -0.39 is 0 Å². The number of benzene rings is 2. The van der Waals surface area contributed by atoms with Crippen molar-refractivity contribution < 1.29 is 9.59 Å². The van der Waals surface area contributed by atoms with Crippen molar-refractivity contribution >= 4 is 17.9 Å². The van der Waals surface area contributed by atoms with E-state index in [1.807, 2.05) is 65.5 Å². The first kappa shape index (κ1) is 22.1. The summed E-state index contributed by atoms with van der Waals surface area (Å²) in [5, 5.41) is 7.91. The van der Waals surface area contributed by atoms with Crippen molar-refractivity contribution in [2.45, 2.75) is 38.3 Å². The third-order valence-electron chi connectivity index (χ3n) is 6.46. The van der Waals surface area contributed by atoms with Gasteiger partial charge in [-0.05, 0) is 37.3 Å². The molecule has 34 heavy (non-hydrogen) atoms. The van der Waals surface area contributed by atoms with Crippen molar-refractivity contribution in [1.29, 1.82) is 0 Å². The van der Waals surface area contributed by atoms with Crippen LogP contribution in [0.4, 0.5) is 0 Å². The van der Waals surface area contributed by atoms with E-state index in [0.717, 1.165) is 42.5 Å². The number of carbonyl (C=O) groups excluding carboxylic acids is 2. The summed E-state index contributed by atoms with van der Waals surface area (Å²) in [6.07, 6.45) is 9.31. The third kappa shape index (κ3) is 5.45. The molecule has 2 fully saturated rings. The van der Waals surface area contributed by atoms with Crippen molar-refractivity contribution in [3.63, 3.8) is 0 Å². The van der Waals surface area contributed by atoms with Crippen LogP contribution in [0.25, 0.3) is 17.3 Å². The van der Waals surface area contributed by atoms with Gasteiger partial charge in [0.15, 0.2) is 0 Å². The van der Waals surface area contributed by atoms with Crippen LogP contribution < -0.4 is 5.32 Å². The van der Waals surface area contributed by atoms with Gasteiger partial charge in [0.05, 0.1) is 18.2 Å². The van der Waals surface area contributed by atoms with Gasteiger partial charge in [-0.2, -0.15) is 5.10 Å². The number of amides is 2. The van der Waals surface area contributed by atoms with Crippen LogP contribution >= 0.6 is 0 Å². The van der Waals surface area contributed by atoms with Crippen LogP contribution in [0.15, 0.2) is 72.9 Å². The van der Waals surface area contributed by atoms with Gasteiger partial charge in [0, 0.05) is 42.5 Å². The third-order valence-corrected chi connectivity index (χ3v) is 6.46. The molecule has 2 heterocycles. The zero-order valence-electron chi connectivity index (χ0n) is 19.3. The molecule has 5 rings (SSSR count). The Kier molecular flexibility index (Phi) is 6.56. The molecule has 1 saturated heterocycles. The fourth-order valence-electron chi connectivity index (χ4n) is 4.44. The molecule has 1 atom stereocenters. The lowest BCUT2D eigenvalue weighted by molar-refractivity contribution is -0.132. The fraction of sp³-hybridized carbons (Fsp3) is 0.321. The van der Waals surface area contributed by atoms with Crippen molar-refractivity contribution in [2.75, 3.05) is 13.1 Å². The summed E-state index contributed by atoms with van der Waals surface area (Å²) in [4.78, 5) is 27.3. The second kappa shape index (κ2) is 10.1. The Morgan fingerprint density at radius 2 is 1.74 bits per heavy atom. The Bertz CT molecular complexity index is 1170. The van der Waals surface area contributed by atoms with Crippen molar-refractivity contribution in [1.82, 2.24) is 20.0 Å². The van der Waals surface area contributed by atoms with E-state index >= 15 is 0 Å². The van der Waals surface area contributed by atoms with E-state index in [0.29, 0.717) is 25.7 Å². The Balaban J connectivity index is 1.32. The lowest BCUT2D eigenvalue weighted by Gasteiger charge is -2.31. The standard InChI is InChI=1S/C28H30N4O2/c33-26(31-17-7-12-24(19-31)28(34)29-25-14-15-25)16-13-23-20-32(18-21-8-3-1-4-9-21)30-27(23)22-10-5-2-6-11-22/h1-6,8-11,13,16,20,24-25H,7,12,14-15,17-19H2,(H,29,34)/b16-13+. The van der Waals surface area contributed by atoms with Crippen LogP contribution in [-0.4, -0.2) is 45.6 Å². The summed E-state index contributed by atoms with van der Waals surface area (Å²) in [6.45, 7) is 1.84. The highest BCUT2D eigenvalue weighted by atomic mass is 16.2. The number of hydrogen-bond acceptors (Lipinski definition) is 3. The predicted octanol–water partition coefficient (Wildman–Crippen LogP) is 4.13. The first-order chi connectivity index (χ1) is 16.7. The molecule has 0 radical (unpaired) electrons. The van der Waals surface area contributed by atoms with E-state index in [4.69, 9.17) is 5.10 Å². The Labute approximate surface area is 200 Å². The minimum Gasteiger partial charge on any atom is -0.353 e. The molecule has 6 nitrogen and oxygen atoms in total. The number of hydrogen-bond donors (Lipinski definition) is 1. The second-order valence-corrected chi connectivity index (χ2v) is 9.22. The van der Waals surface area contributed by atoms with Crippen molar-refractivity contribution in [3.8, 4) is 11.3 Å². The molecule has 1 unspecified atom stereocenters. The first-order valence-electron chi connectivity index (χ1n) is 12.1. The highest BCUT2D eigenvalue weighted by Crippen LogP contribution is 2.25. The normalized spacial score (nSPS) is 18.2. The first-order valence-corrected chi connectivity index (χ1v) is 12.1. The van der Waals surface area contributed by atoms with Gasteiger partial charge in [-0.15, -0.1) is 0 Å². The number of nitrogens with zero attached hydrogens (tertiary/aromatic N) is 3. The van der Waals surface area contributed by atoms with Gasteiger partial charge in [0.1, 0.15) is 0 Å². The predicted molar refractivity (Wildman–Crippen MR) is 133 cm³/mol. The maximum Gasteiger partial charge on any atom is 0.246 e. The van der Waals surface area contributed by atoms with Gasteiger partial charge >= 0.3 is 0 Å². The van der Waals surface area contributed by atoms with Gasteiger partial charge in [-0.3, -0.25) is 14.3 Å². The number of piperidine rings is 1. The van der Waals surface area contributed by atoms with Crippen LogP contribution in [0.1, 0.15) is 36.8 Å². The largest absolute Gasteiger partial charge is 0.353 e. The summed E-state index contributed by atoms with van der Waals surface area (Å²) in [5.74, 6) is -0.0727. The summed E-state index contributed by atoms with van der Waals surface area (Å²) < 4.78 is 1.92. The van der Waals surface area contributed by atoms with E-state index in [9.17, 15) is 9.59 Å². The van der Waals surface area contributed by atoms with Crippen LogP contribution in [0.5, 0.6) is 0 Å². The topological polar surface area (TPSA) is 67.2 Å². The minimum absolute atomic E-state index is 0.0567. The number of nitrogens with one attached hydrogen (secondary N) is 1. The maximum absolute atomic E-state index is 13.0. The molecule has 1 aliphatic carbocycles. The van der Waals surface area contributed by atoms with E-state index in [1.54, 1.807) is 11.0 Å². The molecule has 1 N–H and O–H groups in total. The maximum atomic E-state index is 13.0. The highest BCUT2D eigenvalue weighted by Gasteiger charge is 2.31. The van der Waals surface area contributed by atoms with Gasteiger partial charge in [-0.1, -0.05) is 60.7 Å². The molecular weight excluding hydrogens is 424 g/mol. The molecule has 2 aliphatic rings. The van der Waals surface area contributed by atoms with Gasteiger partial charge in [0.25, 0.3) is 0 Å². The average Bonchev–Trinajstić information content (AvgIpc) is 3.61. The van der Waals surface area contributed by atoms with Gasteiger partial charge in [-0.25, -0.2) is 0 Å². The average molecular weight is 455 g/mol. The summed E-state index contributed by atoms with van der Waals surface area (Å²) in [5.41, 5.74) is 3.92. The molecule has 0 spiro atoms. The van der Waals surface area contributed by atoms with Crippen molar-refractivity contribution in [2.24, 2.45) is 5.92 Å². The summed E-state index contributed by atoms with van der Waals surface area (Å²) >= 11 is 0. The van der Waals surface area contributed by atoms with E-state index in [-0.39, 0.29) is 17.7 Å². The molecule has 2 amide bonds. The number of aromatic nitrogens is 2. The lowest BCUT2D eigenvalue weighted by Crippen LogP contribution is -2.45. The number of carbonyl (C=O) groups is 2. The number of likely N-dealkylation sites (tertiary alicyclic amines) is 1. The summed E-state index contributed by atoms with van der Waals surface area (Å²) in [7, 11) is 0. The minimum atomic E-state index is -0.111. The Hall–Kier alpha value is -3.67. The molecule has 1 saturated carbocycles. The SMILES string of the molecule is O=C(NC1CC1)C1CCCN(C(=O)/C=C/c2cn(Cc3ccccc3)nc2-c2ccccc2)C1. The smallest absolute Gasteiger partial charge is 0.246 e. The zero-order chi connectivity index (χ0) is 23.3. The van der Waals surface area contributed by atoms with Crippen LogP contribution in [-0.2, 0) is 16.1 Å². The van der Waals surface area contributed by atoms with Crippen LogP contribution in [0.3, 0.4) is 0 Å². The molecule has 3 aromatic rings. The second-order valence-electron chi connectivity index (χ2n) is 9.22. The molecule has 174 valence electrons. The molecular formula is C28H30N4O2. The zero-order valence-corrected chi connectivity index (χ0v) is 19.3. The monoisotopic (exact) mass is 454 g/mol. The van der Waals surface area contributed by atoms with Crippen molar-refractivity contribution in [3.05, 3.63) is 84.1 Å². The van der Waals surface area contributed by atoms with Crippen LogP contribution in [0, 0.1) is 5.92 Å². The number of rotatable bonds is 7. The quantitative estimate of drug-likeness (QED) is 0.546.